The molecular weight excluding hydrogens is 351 g/mol. The number of fused-ring (bicyclic) bond motifs is 1. The van der Waals surface area contributed by atoms with Gasteiger partial charge >= 0.3 is 0 Å². The number of carbonyl (C=O) groups is 1. The molecule has 1 aromatic carbocycles. The van der Waals surface area contributed by atoms with Crippen molar-refractivity contribution < 1.29 is 17.6 Å². The first-order chi connectivity index (χ1) is 10.3. The van der Waals surface area contributed by atoms with Crippen molar-refractivity contribution in [2.24, 2.45) is 4.99 Å². The summed E-state index contributed by atoms with van der Waals surface area (Å²) in [5.41, 5.74) is 0.531. The number of aliphatic imine (C=N–C) groups is 1. The maximum Gasteiger partial charge on any atom is 0.244 e. The van der Waals surface area contributed by atoms with Crippen molar-refractivity contribution in [3.8, 4) is 0 Å². The Morgan fingerprint density at radius 3 is 2.82 bits per heavy atom. The van der Waals surface area contributed by atoms with Gasteiger partial charge in [-0.05, 0) is 18.2 Å². The molecule has 1 aromatic rings. The highest BCUT2D eigenvalue weighted by atomic mass is 35.5. The summed E-state index contributed by atoms with van der Waals surface area (Å²) in [5, 5.41) is 0.181. The van der Waals surface area contributed by atoms with E-state index in [0.29, 0.717) is 10.9 Å². The van der Waals surface area contributed by atoms with Gasteiger partial charge in [-0.3, -0.25) is 4.79 Å². The molecule has 0 N–H and O–H groups in total. The Bertz CT molecular complexity index is 781. The van der Waals surface area contributed by atoms with Gasteiger partial charge in [0.25, 0.3) is 0 Å². The molecule has 0 spiro atoms. The summed E-state index contributed by atoms with van der Waals surface area (Å²) in [6.07, 6.45) is 0. The van der Waals surface area contributed by atoms with Gasteiger partial charge in [0, 0.05) is 17.9 Å². The third-order valence-corrected chi connectivity index (χ3v) is 7.00. The molecule has 22 heavy (non-hydrogen) atoms. The highest BCUT2D eigenvalue weighted by Crippen LogP contribution is 2.41. The number of hydrogen-bond donors (Lipinski definition) is 0. The summed E-state index contributed by atoms with van der Waals surface area (Å²) in [4.78, 5) is 16.9. The molecule has 0 bridgehead atoms. The zero-order valence-corrected chi connectivity index (χ0v) is 13.9. The highest BCUT2D eigenvalue weighted by Gasteiger charge is 2.49. The molecule has 1 amide bonds. The first-order valence-corrected chi connectivity index (χ1v) is 9.55. The number of thioether (sulfide) groups is 1. The lowest BCUT2D eigenvalue weighted by molar-refractivity contribution is -0.115. The molecule has 0 unspecified atom stereocenters. The second kappa shape index (κ2) is 5.50. The van der Waals surface area contributed by atoms with Gasteiger partial charge in [0.15, 0.2) is 15.0 Å². The van der Waals surface area contributed by atoms with E-state index in [2.05, 4.69) is 4.99 Å². The lowest BCUT2D eigenvalue weighted by Gasteiger charge is -2.24. The Hall–Kier alpha value is -1.12. The van der Waals surface area contributed by atoms with E-state index >= 15 is 0 Å². The minimum atomic E-state index is -3.13. The van der Waals surface area contributed by atoms with E-state index in [9.17, 15) is 17.6 Å². The summed E-state index contributed by atoms with van der Waals surface area (Å²) in [6.45, 7) is 1.33. The van der Waals surface area contributed by atoms with Crippen LogP contribution >= 0.6 is 23.4 Å². The fourth-order valence-electron chi connectivity index (χ4n) is 2.64. The van der Waals surface area contributed by atoms with Crippen LogP contribution in [0, 0.1) is 5.82 Å². The van der Waals surface area contributed by atoms with Gasteiger partial charge in [-0.2, -0.15) is 4.99 Å². The summed E-state index contributed by atoms with van der Waals surface area (Å²) < 4.78 is 37.0. The van der Waals surface area contributed by atoms with Gasteiger partial charge in [0.05, 0.1) is 22.6 Å². The molecule has 2 saturated heterocycles. The minimum absolute atomic E-state index is 0.0173. The fourth-order valence-corrected chi connectivity index (χ4v) is 6.77. The summed E-state index contributed by atoms with van der Waals surface area (Å²) in [5.74, 6) is -0.900. The molecular formula is C13H12ClFN2O3S2. The molecule has 0 saturated carbocycles. The average Bonchev–Trinajstić information content (AvgIpc) is 2.83. The SMILES string of the molecule is CC(=O)N=C1S[C@@H]2CS(=O)(=O)C[C@@H]2N1c1ccc(F)c(Cl)c1. The van der Waals surface area contributed by atoms with Crippen molar-refractivity contribution in [3.05, 3.63) is 29.0 Å². The number of carbonyl (C=O) groups excluding carboxylic acids is 1. The van der Waals surface area contributed by atoms with Gasteiger partial charge in [0.2, 0.25) is 5.91 Å². The van der Waals surface area contributed by atoms with Crippen molar-refractivity contribution in [1.82, 2.24) is 0 Å². The number of hydrogen-bond acceptors (Lipinski definition) is 4. The van der Waals surface area contributed by atoms with Crippen LogP contribution in [0.2, 0.25) is 5.02 Å². The quantitative estimate of drug-likeness (QED) is 0.765. The van der Waals surface area contributed by atoms with Crippen LogP contribution in [-0.4, -0.2) is 42.3 Å². The number of rotatable bonds is 1. The first-order valence-electron chi connectivity index (χ1n) is 6.47. The molecule has 0 aliphatic carbocycles. The van der Waals surface area contributed by atoms with Gasteiger partial charge in [-0.25, -0.2) is 12.8 Å². The van der Waals surface area contributed by atoms with Gasteiger partial charge in [-0.1, -0.05) is 23.4 Å². The molecule has 2 aliphatic rings. The van der Waals surface area contributed by atoms with Crippen molar-refractivity contribution in [2.45, 2.75) is 18.2 Å². The minimum Gasteiger partial charge on any atom is -0.316 e. The molecule has 5 nitrogen and oxygen atoms in total. The Morgan fingerprint density at radius 2 is 2.18 bits per heavy atom. The van der Waals surface area contributed by atoms with E-state index in [1.807, 2.05) is 0 Å². The predicted molar refractivity (Wildman–Crippen MR) is 85.8 cm³/mol. The molecule has 0 radical (unpaired) electrons. The molecule has 9 heteroatoms. The van der Waals surface area contributed by atoms with Crippen molar-refractivity contribution in [3.63, 3.8) is 0 Å². The molecule has 0 aromatic heterocycles. The fraction of sp³-hybridized carbons (Fsp3) is 0.385. The molecule has 2 aliphatic heterocycles. The van der Waals surface area contributed by atoms with Crippen LogP contribution in [0.25, 0.3) is 0 Å². The first kappa shape index (κ1) is 15.8. The number of sulfone groups is 1. The lowest BCUT2D eigenvalue weighted by atomic mass is 10.2. The number of amidine groups is 1. The van der Waals surface area contributed by atoms with Gasteiger partial charge < -0.3 is 4.90 Å². The van der Waals surface area contributed by atoms with Crippen LogP contribution in [0.1, 0.15) is 6.92 Å². The van der Waals surface area contributed by atoms with E-state index in [-0.39, 0.29) is 33.7 Å². The average molecular weight is 363 g/mol. The van der Waals surface area contributed by atoms with E-state index < -0.39 is 15.7 Å². The topological polar surface area (TPSA) is 66.8 Å². The van der Waals surface area contributed by atoms with Crippen molar-refractivity contribution in [1.29, 1.82) is 0 Å². The molecule has 2 heterocycles. The zero-order chi connectivity index (χ0) is 16.1. The van der Waals surface area contributed by atoms with E-state index in [4.69, 9.17) is 11.6 Å². The van der Waals surface area contributed by atoms with Crippen LogP contribution in [-0.2, 0) is 14.6 Å². The maximum absolute atomic E-state index is 13.3. The standard InChI is InChI=1S/C13H12ClFN2O3S2/c1-7(18)16-13-17(8-2-3-10(15)9(14)4-8)11-5-22(19,20)6-12(11)21-13/h2-4,11-12H,5-6H2,1H3/t11-,12+/m0/s1. The highest BCUT2D eigenvalue weighted by molar-refractivity contribution is 8.16. The van der Waals surface area contributed by atoms with Gasteiger partial charge in [-0.15, -0.1) is 0 Å². The van der Waals surface area contributed by atoms with E-state index in [1.165, 1.54) is 36.9 Å². The number of benzene rings is 1. The van der Waals surface area contributed by atoms with Crippen LogP contribution in [0.15, 0.2) is 23.2 Å². The third kappa shape index (κ3) is 2.87. The van der Waals surface area contributed by atoms with Crippen molar-refractivity contribution >= 4 is 50.0 Å². The second-order valence-corrected chi connectivity index (χ2v) is 8.95. The number of nitrogens with zero attached hydrogens (tertiary/aromatic N) is 2. The maximum atomic E-state index is 13.3. The largest absolute Gasteiger partial charge is 0.316 e. The van der Waals surface area contributed by atoms with Gasteiger partial charge in [0.1, 0.15) is 5.82 Å². The Balaban J connectivity index is 2.06. The normalized spacial score (nSPS) is 28.1. The predicted octanol–water partition coefficient (Wildman–Crippen LogP) is 2.10. The monoisotopic (exact) mass is 362 g/mol. The van der Waals surface area contributed by atoms with Crippen LogP contribution in [0.4, 0.5) is 10.1 Å². The van der Waals surface area contributed by atoms with Crippen molar-refractivity contribution in [2.75, 3.05) is 16.4 Å². The zero-order valence-electron chi connectivity index (χ0n) is 11.5. The van der Waals surface area contributed by atoms with Crippen LogP contribution in [0.3, 0.4) is 0 Å². The Labute approximate surface area is 136 Å². The summed E-state index contributed by atoms with van der Waals surface area (Å²) >= 11 is 7.08. The van der Waals surface area contributed by atoms with E-state index in [0.717, 1.165) is 0 Å². The van der Waals surface area contributed by atoms with Crippen LogP contribution in [0.5, 0.6) is 0 Å². The Morgan fingerprint density at radius 1 is 1.45 bits per heavy atom. The molecule has 118 valence electrons. The Kier molecular flexibility index (Phi) is 3.94. The number of anilines is 1. The third-order valence-electron chi connectivity index (χ3n) is 3.50. The molecule has 2 fully saturated rings. The lowest BCUT2D eigenvalue weighted by Crippen LogP contribution is -2.37. The van der Waals surface area contributed by atoms with Crippen LogP contribution < -0.4 is 4.90 Å². The van der Waals surface area contributed by atoms with E-state index in [1.54, 1.807) is 4.90 Å². The summed E-state index contributed by atoms with van der Waals surface area (Å²) in [7, 11) is -3.13. The smallest absolute Gasteiger partial charge is 0.244 e. The molecule has 2 atom stereocenters. The summed E-state index contributed by atoms with van der Waals surface area (Å²) in [6, 6.07) is 3.81. The second-order valence-electron chi connectivity index (χ2n) is 5.18. The number of amides is 1. The number of halogens is 2. The molecule has 3 rings (SSSR count).